The molecule has 6 heteroatoms. The van der Waals surface area contributed by atoms with Crippen molar-refractivity contribution >= 4 is 17.5 Å². The van der Waals surface area contributed by atoms with E-state index in [1.54, 1.807) is 0 Å². The lowest BCUT2D eigenvalue weighted by atomic mass is 10.0. The van der Waals surface area contributed by atoms with Crippen LogP contribution in [-0.2, 0) is 11.3 Å². The molecule has 4 rings (SSSR count). The average molecular weight is 429 g/mol. The number of carbonyl (C=O) groups is 1. The third-order valence-electron chi connectivity index (χ3n) is 5.97. The van der Waals surface area contributed by atoms with Crippen molar-refractivity contribution in [2.45, 2.75) is 38.5 Å². The number of halogens is 1. The van der Waals surface area contributed by atoms with Gasteiger partial charge in [0, 0.05) is 37.2 Å². The van der Waals surface area contributed by atoms with Crippen molar-refractivity contribution in [1.29, 1.82) is 0 Å². The standard InChI is InChI=1S/C24H29ClN2O3/c1-18-16-27(14-15-29-18)21-10-12-26(13-11-21)24(28)22-4-2-3-5-23(22)30-17-19-6-8-20(25)9-7-19/h2-9,18,21H,10-17H2,1H3. The Labute approximate surface area is 183 Å². The third-order valence-corrected chi connectivity index (χ3v) is 6.22. The summed E-state index contributed by atoms with van der Waals surface area (Å²) >= 11 is 5.95. The summed E-state index contributed by atoms with van der Waals surface area (Å²) in [6.45, 7) is 6.87. The maximum absolute atomic E-state index is 13.2. The van der Waals surface area contributed by atoms with Crippen molar-refractivity contribution in [3.63, 3.8) is 0 Å². The summed E-state index contributed by atoms with van der Waals surface area (Å²) in [6.07, 6.45) is 2.31. The van der Waals surface area contributed by atoms with E-state index in [0.717, 1.165) is 51.2 Å². The molecule has 0 spiro atoms. The smallest absolute Gasteiger partial charge is 0.257 e. The first-order valence-corrected chi connectivity index (χ1v) is 11.1. The van der Waals surface area contributed by atoms with E-state index >= 15 is 0 Å². The Hall–Kier alpha value is -2.08. The molecular weight excluding hydrogens is 400 g/mol. The molecule has 0 aliphatic carbocycles. The van der Waals surface area contributed by atoms with Gasteiger partial charge in [-0.3, -0.25) is 9.69 Å². The number of piperidine rings is 1. The summed E-state index contributed by atoms with van der Waals surface area (Å²) in [7, 11) is 0. The van der Waals surface area contributed by atoms with Gasteiger partial charge in [0.1, 0.15) is 12.4 Å². The van der Waals surface area contributed by atoms with Gasteiger partial charge >= 0.3 is 0 Å². The molecule has 0 saturated carbocycles. The minimum Gasteiger partial charge on any atom is -0.488 e. The second kappa shape index (κ2) is 9.82. The quantitative estimate of drug-likeness (QED) is 0.714. The molecule has 2 heterocycles. The van der Waals surface area contributed by atoms with Gasteiger partial charge in [0.2, 0.25) is 0 Å². The Morgan fingerprint density at radius 1 is 1.10 bits per heavy atom. The molecule has 2 aromatic carbocycles. The van der Waals surface area contributed by atoms with Crippen LogP contribution in [0.3, 0.4) is 0 Å². The molecule has 0 bridgehead atoms. The van der Waals surface area contributed by atoms with E-state index in [2.05, 4.69) is 11.8 Å². The molecule has 1 unspecified atom stereocenters. The van der Waals surface area contributed by atoms with Crippen molar-refractivity contribution in [3.05, 3.63) is 64.7 Å². The molecule has 1 amide bonds. The predicted octanol–water partition coefficient (Wildman–Crippen LogP) is 4.24. The van der Waals surface area contributed by atoms with E-state index in [0.29, 0.717) is 35.1 Å². The molecule has 2 aliphatic heterocycles. The van der Waals surface area contributed by atoms with Gasteiger partial charge < -0.3 is 14.4 Å². The number of nitrogens with zero attached hydrogens (tertiary/aromatic N) is 2. The summed E-state index contributed by atoms with van der Waals surface area (Å²) in [5.74, 6) is 0.678. The molecule has 1 atom stereocenters. The van der Waals surface area contributed by atoms with Crippen molar-refractivity contribution in [1.82, 2.24) is 9.80 Å². The molecule has 2 aliphatic rings. The number of para-hydroxylation sites is 1. The first kappa shape index (κ1) is 21.2. The number of hydrogen-bond acceptors (Lipinski definition) is 4. The molecule has 2 aromatic rings. The predicted molar refractivity (Wildman–Crippen MR) is 118 cm³/mol. The molecule has 2 fully saturated rings. The van der Waals surface area contributed by atoms with E-state index < -0.39 is 0 Å². The highest BCUT2D eigenvalue weighted by Gasteiger charge is 2.30. The van der Waals surface area contributed by atoms with E-state index in [1.807, 2.05) is 53.4 Å². The summed E-state index contributed by atoms with van der Waals surface area (Å²) in [5.41, 5.74) is 1.65. The number of benzene rings is 2. The van der Waals surface area contributed by atoms with Crippen molar-refractivity contribution in [3.8, 4) is 5.75 Å². The molecule has 5 nitrogen and oxygen atoms in total. The summed E-state index contributed by atoms with van der Waals surface area (Å²) in [4.78, 5) is 17.7. The Morgan fingerprint density at radius 2 is 1.83 bits per heavy atom. The van der Waals surface area contributed by atoms with Crippen LogP contribution < -0.4 is 4.74 Å². The lowest BCUT2D eigenvalue weighted by Gasteiger charge is -2.41. The zero-order chi connectivity index (χ0) is 20.9. The first-order chi connectivity index (χ1) is 14.6. The van der Waals surface area contributed by atoms with Crippen molar-refractivity contribution in [2.75, 3.05) is 32.8 Å². The van der Waals surface area contributed by atoms with Crippen LogP contribution in [0.1, 0.15) is 35.7 Å². The number of hydrogen-bond donors (Lipinski definition) is 0. The van der Waals surface area contributed by atoms with Crippen LogP contribution in [-0.4, -0.2) is 60.6 Å². The monoisotopic (exact) mass is 428 g/mol. The highest BCUT2D eigenvalue weighted by atomic mass is 35.5. The van der Waals surface area contributed by atoms with E-state index in [-0.39, 0.29) is 5.91 Å². The SMILES string of the molecule is CC1CN(C2CCN(C(=O)c3ccccc3OCc3ccc(Cl)cc3)CC2)CCO1. The van der Waals surface area contributed by atoms with Crippen LogP contribution in [0.25, 0.3) is 0 Å². The largest absolute Gasteiger partial charge is 0.488 e. The number of carbonyl (C=O) groups excluding carboxylic acids is 1. The topological polar surface area (TPSA) is 42.0 Å². The van der Waals surface area contributed by atoms with Gasteiger partial charge in [0.05, 0.1) is 18.3 Å². The minimum atomic E-state index is 0.0514. The van der Waals surface area contributed by atoms with Crippen molar-refractivity contribution in [2.24, 2.45) is 0 Å². The average Bonchev–Trinajstić information content (AvgIpc) is 2.78. The molecule has 0 N–H and O–H groups in total. The van der Waals surface area contributed by atoms with E-state index in [9.17, 15) is 4.79 Å². The minimum absolute atomic E-state index is 0.0514. The molecule has 160 valence electrons. The fourth-order valence-corrected chi connectivity index (χ4v) is 4.42. The Morgan fingerprint density at radius 3 is 2.57 bits per heavy atom. The summed E-state index contributed by atoms with van der Waals surface area (Å²) in [5, 5.41) is 0.698. The van der Waals surface area contributed by atoms with Crippen LogP contribution in [0.4, 0.5) is 0 Å². The summed E-state index contributed by atoms with van der Waals surface area (Å²) < 4.78 is 11.7. The van der Waals surface area contributed by atoms with Crippen LogP contribution >= 0.6 is 11.6 Å². The normalized spacial score (nSPS) is 20.9. The lowest BCUT2D eigenvalue weighted by Crippen LogP contribution is -2.51. The third kappa shape index (κ3) is 5.15. The molecule has 0 aromatic heterocycles. The molecule has 30 heavy (non-hydrogen) atoms. The van der Waals surface area contributed by atoms with Gasteiger partial charge in [0.15, 0.2) is 0 Å². The maximum Gasteiger partial charge on any atom is 0.257 e. The van der Waals surface area contributed by atoms with Gasteiger partial charge in [-0.1, -0.05) is 35.9 Å². The number of morpholine rings is 1. The van der Waals surface area contributed by atoms with Crippen LogP contribution in [0.5, 0.6) is 5.75 Å². The van der Waals surface area contributed by atoms with Gasteiger partial charge in [-0.15, -0.1) is 0 Å². The number of likely N-dealkylation sites (tertiary alicyclic amines) is 1. The Balaban J connectivity index is 1.36. The van der Waals surface area contributed by atoms with E-state index in [4.69, 9.17) is 21.1 Å². The lowest BCUT2D eigenvalue weighted by molar-refractivity contribution is -0.0423. The van der Waals surface area contributed by atoms with Gasteiger partial charge in [0.25, 0.3) is 5.91 Å². The molecular formula is C24H29ClN2O3. The first-order valence-electron chi connectivity index (χ1n) is 10.7. The Kier molecular flexibility index (Phi) is 6.93. The number of ether oxygens (including phenoxy) is 2. The fraction of sp³-hybridized carbons (Fsp3) is 0.458. The van der Waals surface area contributed by atoms with Crippen molar-refractivity contribution < 1.29 is 14.3 Å². The highest BCUT2D eigenvalue weighted by molar-refractivity contribution is 6.30. The van der Waals surface area contributed by atoms with Gasteiger partial charge in [-0.2, -0.15) is 0 Å². The maximum atomic E-state index is 13.2. The number of rotatable bonds is 5. The fourth-order valence-electron chi connectivity index (χ4n) is 4.29. The van der Waals surface area contributed by atoms with Gasteiger partial charge in [-0.05, 0) is 49.6 Å². The zero-order valence-electron chi connectivity index (χ0n) is 17.4. The second-order valence-corrected chi connectivity index (χ2v) is 8.55. The van der Waals surface area contributed by atoms with Crippen LogP contribution in [0.2, 0.25) is 5.02 Å². The van der Waals surface area contributed by atoms with E-state index in [1.165, 1.54) is 0 Å². The van der Waals surface area contributed by atoms with Crippen LogP contribution in [0.15, 0.2) is 48.5 Å². The second-order valence-electron chi connectivity index (χ2n) is 8.11. The summed E-state index contributed by atoms with van der Waals surface area (Å²) in [6, 6.07) is 15.6. The van der Waals surface area contributed by atoms with Crippen LogP contribution in [0, 0.1) is 0 Å². The Bertz CT molecular complexity index is 850. The zero-order valence-corrected chi connectivity index (χ0v) is 18.2. The highest BCUT2D eigenvalue weighted by Crippen LogP contribution is 2.25. The number of amides is 1. The molecule has 2 saturated heterocycles. The molecule has 0 radical (unpaired) electrons. The van der Waals surface area contributed by atoms with Gasteiger partial charge in [-0.25, -0.2) is 0 Å².